The molecule has 2 heterocycles. The van der Waals surface area contributed by atoms with Crippen molar-refractivity contribution in [2.24, 2.45) is 5.16 Å². The van der Waals surface area contributed by atoms with Crippen molar-refractivity contribution in [2.45, 2.75) is 11.4 Å². The normalized spacial score (nSPS) is 29.6. The summed E-state index contributed by atoms with van der Waals surface area (Å²) >= 11 is 0. The molecule has 1 saturated heterocycles. The van der Waals surface area contributed by atoms with E-state index >= 15 is 0 Å². The fourth-order valence-corrected chi connectivity index (χ4v) is 3.34. The average molecular weight is 257 g/mol. The standard InChI is InChI=1S/C10H8FNO4S/c11-7-3-1-6(2-4-7)9-10-8(16-12-9)5-15-17(10,13)14/h1-4,8,10H,5H2. The van der Waals surface area contributed by atoms with Crippen molar-refractivity contribution in [3.63, 3.8) is 0 Å². The second-order valence-corrected chi connectivity index (χ2v) is 5.55. The van der Waals surface area contributed by atoms with Gasteiger partial charge in [-0.1, -0.05) is 17.3 Å². The smallest absolute Gasteiger partial charge is 0.280 e. The molecule has 0 bridgehead atoms. The second-order valence-electron chi connectivity index (χ2n) is 3.83. The number of hydrogen-bond donors (Lipinski definition) is 0. The van der Waals surface area contributed by atoms with Crippen LogP contribution in [0.25, 0.3) is 0 Å². The van der Waals surface area contributed by atoms with Crippen molar-refractivity contribution >= 4 is 15.8 Å². The minimum absolute atomic E-state index is 0.0266. The van der Waals surface area contributed by atoms with Gasteiger partial charge in [-0.3, -0.25) is 4.18 Å². The highest BCUT2D eigenvalue weighted by Crippen LogP contribution is 2.30. The monoisotopic (exact) mass is 257 g/mol. The summed E-state index contributed by atoms with van der Waals surface area (Å²) in [6.45, 7) is -0.0266. The molecule has 17 heavy (non-hydrogen) atoms. The molecule has 7 heteroatoms. The van der Waals surface area contributed by atoms with Crippen molar-refractivity contribution in [1.29, 1.82) is 0 Å². The molecular weight excluding hydrogens is 249 g/mol. The predicted molar refractivity (Wildman–Crippen MR) is 56.5 cm³/mol. The zero-order valence-corrected chi connectivity index (χ0v) is 9.35. The number of hydrogen-bond acceptors (Lipinski definition) is 5. The largest absolute Gasteiger partial charge is 0.388 e. The van der Waals surface area contributed by atoms with Gasteiger partial charge in [0.05, 0.1) is 0 Å². The third-order valence-electron chi connectivity index (χ3n) is 2.74. The van der Waals surface area contributed by atoms with E-state index in [9.17, 15) is 12.8 Å². The molecule has 5 nitrogen and oxygen atoms in total. The first-order valence-corrected chi connectivity index (χ1v) is 6.43. The first-order valence-electron chi connectivity index (χ1n) is 4.96. The van der Waals surface area contributed by atoms with E-state index in [1.165, 1.54) is 24.3 Å². The summed E-state index contributed by atoms with van der Waals surface area (Å²) in [7, 11) is -3.68. The molecule has 0 amide bonds. The Hall–Kier alpha value is -1.47. The highest BCUT2D eigenvalue weighted by molar-refractivity contribution is 7.88. The lowest BCUT2D eigenvalue weighted by Crippen LogP contribution is -2.31. The molecule has 3 rings (SSSR count). The third-order valence-corrected chi connectivity index (χ3v) is 4.35. The van der Waals surface area contributed by atoms with Crippen LogP contribution in [0.4, 0.5) is 4.39 Å². The summed E-state index contributed by atoms with van der Waals surface area (Å²) in [6, 6.07) is 5.42. The number of nitrogens with zero attached hydrogens (tertiary/aromatic N) is 1. The van der Waals surface area contributed by atoms with Gasteiger partial charge in [0.25, 0.3) is 10.1 Å². The molecule has 1 aromatic carbocycles. The van der Waals surface area contributed by atoms with Gasteiger partial charge >= 0.3 is 0 Å². The molecule has 2 aliphatic rings. The van der Waals surface area contributed by atoms with Crippen LogP contribution < -0.4 is 0 Å². The third kappa shape index (κ3) is 1.62. The van der Waals surface area contributed by atoms with Gasteiger partial charge < -0.3 is 4.84 Å². The van der Waals surface area contributed by atoms with Crippen LogP contribution in [0.15, 0.2) is 29.4 Å². The molecule has 2 unspecified atom stereocenters. The zero-order chi connectivity index (χ0) is 12.0. The quantitative estimate of drug-likeness (QED) is 0.693. The summed E-state index contributed by atoms with van der Waals surface area (Å²) < 4.78 is 40.7. The van der Waals surface area contributed by atoms with E-state index in [4.69, 9.17) is 4.84 Å². The molecule has 90 valence electrons. The fraction of sp³-hybridized carbons (Fsp3) is 0.300. The van der Waals surface area contributed by atoms with Crippen molar-refractivity contribution in [3.8, 4) is 0 Å². The van der Waals surface area contributed by atoms with Gasteiger partial charge in [0.1, 0.15) is 18.1 Å². The van der Waals surface area contributed by atoms with Gasteiger partial charge in [-0.15, -0.1) is 0 Å². The van der Waals surface area contributed by atoms with E-state index in [-0.39, 0.29) is 12.3 Å². The number of benzene rings is 1. The molecule has 0 aliphatic carbocycles. The van der Waals surface area contributed by atoms with Crippen molar-refractivity contribution in [1.82, 2.24) is 0 Å². The second kappa shape index (κ2) is 3.51. The molecule has 0 spiro atoms. The molecule has 0 aromatic heterocycles. The lowest BCUT2D eigenvalue weighted by Gasteiger charge is -2.06. The molecule has 0 saturated carbocycles. The summed E-state index contributed by atoms with van der Waals surface area (Å²) in [6.07, 6.45) is -0.597. The Morgan fingerprint density at radius 3 is 2.71 bits per heavy atom. The van der Waals surface area contributed by atoms with Gasteiger partial charge in [-0.05, 0) is 12.1 Å². The molecule has 2 aliphatic heterocycles. The number of fused-ring (bicyclic) bond motifs is 1. The summed E-state index contributed by atoms with van der Waals surface area (Å²) in [5, 5.41) is 2.84. The maximum atomic E-state index is 12.8. The minimum atomic E-state index is -3.68. The van der Waals surface area contributed by atoms with E-state index in [0.29, 0.717) is 5.56 Å². The fourth-order valence-electron chi connectivity index (χ4n) is 1.92. The Morgan fingerprint density at radius 1 is 1.29 bits per heavy atom. The van der Waals surface area contributed by atoms with Gasteiger partial charge in [-0.25, -0.2) is 4.39 Å². The summed E-state index contributed by atoms with van der Waals surface area (Å²) in [5.41, 5.74) is 0.792. The molecule has 1 aromatic rings. The Balaban J connectivity index is 2.02. The Bertz CT molecular complexity index is 581. The highest BCUT2D eigenvalue weighted by atomic mass is 32.2. The maximum absolute atomic E-state index is 12.8. The molecule has 2 atom stereocenters. The molecule has 0 radical (unpaired) electrons. The predicted octanol–water partition coefficient (Wildman–Crippen LogP) is 0.657. The van der Waals surface area contributed by atoms with Gasteiger partial charge in [0.15, 0.2) is 11.4 Å². The van der Waals surface area contributed by atoms with Crippen LogP contribution in [-0.4, -0.2) is 32.1 Å². The summed E-state index contributed by atoms with van der Waals surface area (Å²) in [4.78, 5) is 5.00. The first-order chi connectivity index (χ1) is 8.08. The summed E-state index contributed by atoms with van der Waals surface area (Å²) in [5.74, 6) is -0.393. The van der Waals surface area contributed by atoms with Crippen LogP contribution in [0.1, 0.15) is 5.56 Å². The van der Waals surface area contributed by atoms with E-state index < -0.39 is 27.3 Å². The van der Waals surface area contributed by atoms with Crippen LogP contribution in [0.2, 0.25) is 0 Å². The molecule has 0 N–H and O–H groups in total. The van der Waals surface area contributed by atoms with E-state index in [1.54, 1.807) is 0 Å². The van der Waals surface area contributed by atoms with Crippen LogP contribution in [0.3, 0.4) is 0 Å². The average Bonchev–Trinajstić information content (AvgIpc) is 2.83. The van der Waals surface area contributed by atoms with E-state index in [2.05, 4.69) is 9.34 Å². The van der Waals surface area contributed by atoms with Crippen LogP contribution in [-0.2, 0) is 19.1 Å². The number of rotatable bonds is 1. The maximum Gasteiger partial charge on any atom is 0.280 e. The van der Waals surface area contributed by atoms with Crippen molar-refractivity contribution in [2.75, 3.05) is 6.61 Å². The highest BCUT2D eigenvalue weighted by Gasteiger charge is 2.51. The minimum Gasteiger partial charge on any atom is -0.388 e. The van der Waals surface area contributed by atoms with Crippen LogP contribution in [0, 0.1) is 5.82 Å². The van der Waals surface area contributed by atoms with E-state index in [0.717, 1.165) is 0 Å². The number of oxime groups is 1. The lowest BCUT2D eigenvalue weighted by molar-refractivity contribution is 0.0683. The Morgan fingerprint density at radius 2 is 2.00 bits per heavy atom. The van der Waals surface area contributed by atoms with Gasteiger partial charge in [0.2, 0.25) is 0 Å². The first kappa shape index (κ1) is 10.7. The zero-order valence-electron chi connectivity index (χ0n) is 8.54. The molecule has 1 fully saturated rings. The van der Waals surface area contributed by atoms with Crippen LogP contribution in [0.5, 0.6) is 0 Å². The van der Waals surface area contributed by atoms with Crippen molar-refractivity contribution in [3.05, 3.63) is 35.6 Å². The van der Waals surface area contributed by atoms with Crippen LogP contribution >= 0.6 is 0 Å². The lowest BCUT2D eigenvalue weighted by atomic mass is 10.0. The van der Waals surface area contributed by atoms with Gasteiger partial charge in [0, 0.05) is 5.56 Å². The van der Waals surface area contributed by atoms with E-state index in [1.807, 2.05) is 0 Å². The Kier molecular flexibility index (Phi) is 2.20. The molecular formula is C10H8FNO4S. The van der Waals surface area contributed by atoms with Crippen molar-refractivity contribution < 1.29 is 21.8 Å². The Labute approximate surface area is 97.0 Å². The topological polar surface area (TPSA) is 65.0 Å². The SMILES string of the molecule is O=S1(=O)OCC2ON=C(c3ccc(F)cc3)C21. The number of halogens is 1. The van der Waals surface area contributed by atoms with Gasteiger partial charge in [-0.2, -0.15) is 8.42 Å².